The van der Waals surface area contributed by atoms with Crippen molar-refractivity contribution in [3.63, 3.8) is 0 Å². The molecule has 1 aromatic rings. The van der Waals surface area contributed by atoms with E-state index in [1.54, 1.807) is 0 Å². The summed E-state index contributed by atoms with van der Waals surface area (Å²) in [5.74, 6) is 0. The molecule has 2 heteroatoms. The Morgan fingerprint density at radius 3 is 2.77 bits per heavy atom. The van der Waals surface area contributed by atoms with E-state index >= 15 is 0 Å². The number of hydrogen-bond donors (Lipinski definition) is 0. The molecule has 0 saturated heterocycles. The van der Waals surface area contributed by atoms with E-state index in [1.807, 2.05) is 24.3 Å². The third kappa shape index (κ3) is 4.65. The smallest absolute Gasteiger partial charge is 0.162 e. The number of allylic oxidation sites excluding steroid dienone is 1. The van der Waals surface area contributed by atoms with Crippen molar-refractivity contribution in [3.8, 4) is 0 Å². The maximum Gasteiger partial charge on any atom is 0.162 e. The summed E-state index contributed by atoms with van der Waals surface area (Å²) in [5, 5.41) is 0. The van der Waals surface area contributed by atoms with Crippen LogP contribution in [0.15, 0.2) is 43.0 Å². The highest BCUT2D eigenvalue weighted by Gasteiger charge is 1.90. The lowest BCUT2D eigenvalue weighted by Gasteiger charge is -2.02. The lowest BCUT2D eigenvalue weighted by atomic mass is 10.2. The molecule has 0 aromatic heterocycles. The summed E-state index contributed by atoms with van der Waals surface area (Å²) in [6, 6.07) is 11.5. The second-order valence-electron chi connectivity index (χ2n) is 2.97. The summed E-state index contributed by atoms with van der Waals surface area (Å²) in [4.78, 5) is 0. The minimum Gasteiger partial charge on any atom is -0.420 e. The largest absolute Gasteiger partial charge is 0.420 e. The van der Waals surface area contributed by atoms with E-state index in [4.69, 9.17) is 4.43 Å². The standard InChI is InChI=1S/C11H16OSi/c1-2-3-9-13-12-10-11-7-5-4-6-8-11/h2,4-8H,1,3,9-10,13H2. The second-order valence-corrected chi connectivity index (χ2v) is 4.49. The first-order chi connectivity index (χ1) is 6.43. The van der Waals surface area contributed by atoms with Crippen molar-refractivity contribution in [1.82, 2.24) is 0 Å². The van der Waals surface area contributed by atoms with Gasteiger partial charge in [-0.05, 0) is 18.0 Å². The Hall–Kier alpha value is -0.863. The normalized spacial score (nSPS) is 10.8. The van der Waals surface area contributed by atoms with Crippen molar-refractivity contribution in [2.24, 2.45) is 0 Å². The highest BCUT2D eigenvalue weighted by molar-refractivity contribution is 6.27. The maximum atomic E-state index is 5.61. The van der Waals surface area contributed by atoms with E-state index in [2.05, 4.69) is 18.7 Å². The van der Waals surface area contributed by atoms with Gasteiger partial charge in [-0.1, -0.05) is 36.4 Å². The second kappa shape index (κ2) is 6.63. The number of rotatable bonds is 6. The van der Waals surface area contributed by atoms with Gasteiger partial charge in [-0.2, -0.15) is 0 Å². The van der Waals surface area contributed by atoms with Crippen LogP contribution in [0.3, 0.4) is 0 Å². The first kappa shape index (κ1) is 10.2. The van der Waals surface area contributed by atoms with Gasteiger partial charge in [0.15, 0.2) is 9.76 Å². The van der Waals surface area contributed by atoms with Gasteiger partial charge in [0.1, 0.15) is 0 Å². The Bertz CT molecular complexity index is 233. The Morgan fingerprint density at radius 1 is 1.31 bits per heavy atom. The van der Waals surface area contributed by atoms with Crippen molar-refractivity contribution in [1.29, 1.82) is 0 Å². The molecule has 0 unspecified atom stereocenters. The van der Waals surface area contributed by atoms with Gasteiger partial charge in [0, 0.05) is 0 Å². The molecule has 0 saturated carbocycles. The summed E-state index contributed by atoms with van der Waals surface area (Å²) in [7, 11) is -0.315. The van der Waals surface area contributed by atoms with Gasteiger partial charge in [-0.25, -0.2) is 0 Å². The molecule has 0 bridgehead atoms. The summed E-state index contributed by atoms with van der Waals surface area (Å²) >= 11 is 0. The van der Waals surface area contributed by atoms with Crippen molar-refractivity contribution < 1.29 is 4.43 Å². The van der Waals surface area contributed by atoms with Gasteiger partial charge >= 0.3 is 0 Å². The van der Waals surface area contributed by atoms with Crippen molar-refractivity contribution in [2.75, 3.05) is 0 Å². The Balaban J connectivity index is 2.10. The van der Waals surface area contributed by atoms with E-state index < -0.39 is 0 Å². The molecule has 0 heterocycles. The lowest BCUT2D eigenvalue weighted by Crippen LogP contribution is -1.97. The topological polar surface area (TPSA) is 9.23 Å². The van der Waals surface area contributed by atoms with E-state index in [-0.39, 0.29) is 9.76 Å². The summed E-state index contributed by atoms with van der Waals surface area (Å²) in [6.45, 7) is 4.47. The highest BCUT2D eigenvalue weighted by atomic mass is 28.2. The van der Waals surface area contributed by atoms with Crippen LogP contribution < -0.4 is 0 Å². The molecule has 0 aliphatic heterocycles. The first-order valence-electron chi connectivity index (χ1n) is 4.66. The summed E-state index contributed by atoms with van der Waals surface area (Å²) in [5.41, 5.74) is 1.27. The average molecular weight is 192 g/mol. The molecule has 0 N–H and O–H groups in total. The molecule has 1 rings (SSSR count). The van der Waals surface area contributed by atoms with Crippen LogP contribution in [0.1, 0.15) is 12.0 Å². The molecule has 0 fully saturated rings. The molecule has 0 aliphatic rings. The van der Waals surface area contributed by atoms with Crippen LogP contribution in [0.25, 0.3) is 0 Å². The van der Waals surface area contributed by atoms with E-state index in [1.165, 1.54) is 11.6 Å². The number of benzene rings is 1. The molecule has 70 valence electrons. The molecule has 0 spiro atoms. The Labute approximate surface area is 82.4 Å². The zero-order chi connectivity index (χ0) is 9.36. The molecule has 0 atom stereocenters. The summed E-state index contributed by atoms with van der Waals surface area (Å²) in [6.07, 6.45) is 3.06. The fourth-order valence-electron chi connectivity index (χ4n) is 1.09. The first-order valence-corrected chi connectivity index (χ1v) is 6.24. The molecule has 1 aromatic carbocycles. The van der Waals surface area contributed by atoms with Crippen LogP contribution in [0, 0.1) is 0 Å². The number of hydrogen-bond acceptors (Lipinski definition) is 1. The third-order valence-electron chi connectivity index (χ3n) is 1.81. The lowest BCUT2D eigenvalue weighted by molar-refractivity contribution is 0.324. The zero-order valence-electron chi connectivity index (χ0n) is 7.91. The van der Waals surface area contributed by atoms with Gasteiger partial charge in [-0.3, -0.25) is 0 Å². The molecule has 0 aliphatic carbocycles. The van der Waals surface area contributed by atoms with Gasteiger partial charge in [0.25, 0.3) is 0 Å². The monoisotopic (exact) mass is 192 g/mol. The predicted octanol–water partition coefficient (Wildman–Crippen LogP) is 2.28. The van der Waals surface area contributed by atoms with Crippen molar-refractivity contribution in [2.45, 2.75) is 19.1 Å². The van der Waals surface area contributed by atoms with Crippen LogP contribution >= 0.6 is 0 Å². The van der Waals surface area contributed by atoms with Crippen LogP contribution in [-0.4, -0.2) is 9.76 Å². The minimum absolute atomic E-state index is 0.315. The maximum absolute atomic E-state index is 5.61. The molecule has 0 radical (unpaired) electrons. The van der Waals surface area contributed by atoms with E-state index in [0.29, 0.717) is 0 Å². The van der Waals surface area contributed by atoms with E-state index in [0.717, 1.165) is 13.0 Å². The highest BCUT2D eigenvalue weighted by Crippen LogP contribution is 2.00. The molecule has 13 heavy (non-hydrogen) atoms. The average Bonchev–Trinajstić information content (AvgIpc) is 2.19. The van der Waals surface area contributed by atoms with Crippen molar-refractivity contribution in [3.05, 3.63) is 48.6 Å². The molecular formula is C11H16OSi. The quantitative estimate of drug-likeness (QED) is 0.382. The van der Waals surface area contributed by atoms with Crippen LogP contribution in [-0.2, 0) is 11.0 Å². The molecule has 0 amide bonds. The third-order valence-corrected chi connectivity index (χ3v) is 3.00. The van der Waals surface area contributed by atoms with Gasteiger partial charge < -0.3 is 4.43 Å². The fraction of sp³-hybridized carbons (Fsp3) is 0.273. The fourth-order valence-corrected chi connectivity index (χ4v) is 2.13. The van der Waals surface area contributed by atoms with Crippen LogP contribution in [0.4, 0.5) is 0 Å². The van der Waals surface area contributed by atoms with Crippen molar-refractivity contribution >= 4 is 9.76 Å². The van der Waals surface area contributed by atoms with Gasteiger partial charge in [0.2, 0.25) is 0 Å². The SMILES string of the molecule is C=CCC[SiH2]OCc1ccccc1. The van der Waals surface area contributed by atoms with Gasteiger partial charge in [0.05, 0.1) is 6.61 Å². The van der Waals surface area contributed by atoms with Crippen LogP contribution in [0.2, 0.25) is 6.04 Å². The minimum atomic E-state index is -0.315. The van der Waals surface area contributed by atoms with Gasteiger partial charge in [-0.15, -0.1) is 6.58 Å². The Morgan fingerprint density at radius 2 is 2.08 bits per heavy atom. The Kier molecular flexibility index (Phi) is 5.21. The van der Waals surface area contributed by atoms with Crippen LogP contribution in [0.5, 0.6) is 0 Å². The van der Waals surface area contributed by atoms with E-state index in [9.17, 15) is 0 Å². The summed E-state index contributed by atoms with van der Waals surface area (Å²) < 4.78 is 5.61. The molecule has 1 nitrogen and oxygen atoms in total. The predicted molar refractivity (Wildman–Crippen MR) is 59.4 cm³/mol. The zero-order valence-corrected chi connectivity index (χ0v) is 9.32. The molecular weight excluding hydrogens is 176 g/mol.